The predicted octanol–water partition coefficient (Wildman–Crippen LogP) is 2.65. The number of hydrogen-bond donors (Lipinski definition) is 0. The van der Waals surface area contributed by atoms with Crippen LogP contribution >= 0.6 is 0 Å². The van der Waals surface area contributed by atoms with E-state index in [4.69, 9.17) is 4.42 Å². The third-order valence-electron chi connectivity index (χ3n) is 4.59. The first-order chi connectivity index (χ1) is 9.81. The summed E-state index contributed by atoms with van der Waals surface area (Å²) in [5, 5.41) is 0. The van der Waals surface area contributed by atoms with Gasteiger partial charge in [-0.25, -0.2) is 0 Å². The van der Waals surface area contributed by atoms with E-state index in [1.165, 1.54) is 11.1 Å². The van der Waals surface area contributed by atoms with Crippen molar-refractivity contribution in [2.75, 3.05) is 6.54 Å². The molecule has 2 aromatic rings. The third kappa shape index (κ3) is 1.85. The van der Waals surface area contributed by atoms with E-state index >= 15 is 0 Å². The Morgan fingerprint density at radius 2 is 2.00 bits per heavy atom. The topological polar surface area (TPSA) is 33.5 Å². The first kappa shape index (κ1) is 11.8. The largest absolute Gasteiger partial charge is 0.469 e. The number of benzene rings is 1. The normalized spacial score (nSPS) is 24.6. The van der Waals surface area contributed by atoms with Gasteiger partial charge in [-0.05, 0) is 29.5 Å². The van der Waals surface area contributed by atoms with Gasteiger partial charge >= 0.3 is 0 Å². The average Bonchev–Trinajstić information content (AvgIpc) is 3.03. The smallest absolute Gasteiger partial charge is 0.226 e. The summed E-state index contributed by atoms with van der Waals surface area (Å²) in [7, 11) is 0. The Morgan fingerprint density at radius 3 is 2.85 bits per heavy atom. The SMILES string of the molecule is O=C1[C@@H]2Cc3occc3C[C@@H]2CN1Cc1ccccc1. The molecule has 1 amide bonds. The number of carbonyl (C=O) groups excluding carboxylic acids is 1. The molecule has 2 atom stereocenters. The Kier molecular flexibility index (Phi) is 2.66. The molecule has 0 spiro atoms. The molecule has 0 bridgehead atoms. The van der Waals surface area contributed by atoms with Gasteiger partial charge in [-0.2, -0.15) is 0 Å². The van der Waals surface area contributed by atoms with Crippen LogP contribution in [-0.4, -0.2) is 17.4 Å². The second-order valence-electron chi connectivity index (χ2n) is 5.85. The zero-order valence-corrected chi connectivity index (χ0v) is 11.3. The molecule has 0 radical (unpaired) electrons. The van der Waals surface area contributed by atoms with Crippen LogP contribution in [0.5, 0.6) is 0 Å². The molecule has 1 aromatic carbocycles. The fraction of sp³-hybridized carbons (Fsp3) is 0.353. The van der Waals surface area contributed by atoms with Crippen molar-refractivity contribution >= 4 is 5.91 Å². The van der Waals surface area contributed by atoms with Crippen LogP contribution in [0, 0.1) is 11.8 Å². The monoisotopic (exact) mass is 267 g/mol. The fourth-order valence-electron chi connectivity index (χ4n) is 3.55. The Hall–Kier alpha value is -2.03. The van der Waals surface area contributed by atoms with Crippen molar-refractivity contribution in [1.29, 1.82) is 0 Å². The first-order valence-corrected chi connectivity index (χ1v) is 7.19. The van der Waals surface area contributed by atoms with Crippen molar-refractivity contribution in [2.24, 2.45) is 11.8 Å². The van der Waals surface area contributed by atoms with E-state index in [0.717, 1.165) is 31.7 Å². The number of rotatable bonds is 2. The number of carbonyl (C=O) groups is 1. The second-order valence-corrected chi connectivity index (χ2v) is 5.85. The van der Waals surface area contributed by atoms with Gasteiger partial charge in [0.05, 0.1) is 12.2 Å². The molecule has 1 aliphatic heterocycles. The van der Waals surface area contributed by atoms with Gasteiger partial charge in [-0.15, -0.1) is 0 Å². The van der Waals surface area contributed by atoms with E-state index in [2.05, 4.69) is 18.2 Å². The van der Waals surface area contributed by atoms with Crippen LogP contribution in [0.3, 0.4) is 0 Å². The highest BCUT2D eigenvalue weighted by Gasteiger charge is 2.43. The number of hydrogen-bond acceptors (Lipinski definition) is 2. The van der Waals surface area contributed by atoms with Gasteiger partial charge in [0.25, 0.3) is 0 Å². The van der Waals surface area contributed by atoms with Crippen molar-refractivity contribution in [3.8, 4) is 0 Å². The Morgan fingerprint density at radius 1 is 1.15 bits per heavy atom. The summed E-state index contributed by atoms with van der Waals surface area (Å²) in [6, 6.07) is 12.3. The number of likely N-dealkylation sites (tertiary alicyclic amines) is 1. The summed E-state index contributed by atoms with van der Waals surface area (Å²) >= 11 is 0. The standard InChI is InChI=1S/C17H17NO2/c19-17-15-9-16-13(6-7-20-16)8-14(15)11-18(17)10-12-4-2-1-3-5-12/h1-7,14-15H,8-11H2/t14-,15-/m1/s1. The average molecular weight is 267 g/mol. The third-order valence-corrected chi connectivity index (χ3v) is 4.59. The molecule has 4 rings (SSSR count). The predicted molar refractivity (Wildman–Crippen MR) is 75.0 cm³/mol. The van der Waals surface area contributed by atoms with Crippen LogP contribution in [0.15, 0.2) is 47.1 Å². The van der Waals surface area contributed by atoms with Crippen LogP contribution in [0.2, 0.25) is 0 Å². The van der Waals surface area contributed by atoms with Crippen molar-refractivity contribution < 1.29 is 9.21 Å². The molecule has 0 unspecified atom stereocenters. The number of fused-ring (bicyclic) bond motifs is 2. The number of amides is 1. The van der Waals surface area contributed by atoms with Crippen molar-refractivity contribution in [1.82, 2.24) is 4.90 Å². The summed E-state index contributed by atoms with van der Waals surface area (Å²) < 4.78 is 5.50. The quantitative estimate of drug-likeness (QED) is 0.838. The molecule has 3 nitrogen and oxygen atoms in total. The van der Waals surface area contributed by atoms with E-state index in [-0.39, 0.29) is 5.92 Å². The summed E-state index contributed by atoms with van der Waals surface area (Å²) in [4.78, 5) is 14.6. The molecular formula is C17H17NO2. The molecule has 2 aliphatic rings. The summed E-state index contributed by atoms with van der Waals surface area (Å²) in [5.41, 5.74) is 2.50. The molecule has 1 fully saturated rings. The van der Waals surface area contributed by atoms with Gasteiger partial charge in [0.1, 0.15) is 5.76 Å². The van der Waals surface area contributed by atoms with Gasteiger partial charge in [0.2, 0.25) is 5.91 Å². The highest BCUT2D eigenvalue weighted by atomic mass is 16.3. The van der Waals surface area contributed by atoms with Crippen molar-refractivity contribution in [3.63, 3.8) is 0 Å². The second kappa shape index (κ2) is 4.51. The molecule has 1 aliphatic carbocycles. The van der Waals surface area contributed by atoms with E-state index in [0.29, 0.717) is 11.8 Å². The van der Waals surface area contributed by atoms with Crippen molar-refractivity contribution in [2.45, 2.75) is 19.4 Å². The minimum Gasteiger partial charge on any atom is -0.469 e. The van der Waals surface area contributed by atoms with Crippen LogP contribution in [0.1, 0.15) is 16.9 Å². The molecule has 20 heavy (non-hydrogen) atoms. The summed E-state index contributed by atoms with van der Waals surface area (Å²) in [6.45, 7) is 1.61. The maximum atomic E-state index is 12.6. The fourth-order valence-corrected chi connectivity index (χ4v) is 3.55. The van der Waals surface area contributed by atoms with Crippen LogP contribution < -0.4 is 0 Å². The lowest BCUT2D eigenvalue weighted by molar-refractivity contribution is -0.131. The van der Waals surface area contributed by atoms with E-state index in [9.17, 15) is 4.79 Å². The lowest BCUT2D eigenvalue weighted by Gasteiger charge is -2.21. The maximum Gasteiger partial charge on any atom is 0.226 e. The van der Waals surface area contributed by atoms with E-state index in [1.807, 2.05) is 23.1 Å². The first-order valence-electron chi connectivity index (χ1n) is 7.19. The maximum absolute atomic E-state index is 12.6. The molecule has 1 aromatic heterocycles. The Balaban J connectivity index is 1.53. The van der Waals surface area contributed by atoms with Crippen LogP contribution in [0.4, 0.5) is 0 Å². The van der Waals surface area contributed by atoms with E-state index in [1.54, 1.807) is 6.26 Å². The molecule has 2 heterocycles. The van der Waals surface area contributed by atoms with Gasteiger partial charge in [0, 0.05) is 19.5 Å². The molecule has 1 saturated heterocycles. The van der Waals surface area contributed by atoms with Gasteiger partial charge in [-0.1, -0.05) is 30.3 Å². The molecular weight excluding hydrogens is 250 g/mol. The van der Waals surface area contributed by atoms with Gasteiger partial charge < -0.3 is 9.32 Å². The highest BCUT2D eigenvalue weighted by molar-refractivity contribution is 5.82. The zero-order chi connectivity index (χ0) is 13.5. The lowest BCUT2D eigenvalue weighted by Crippen LogP contribution is -2.28. The van der Waals surface area contributed by atoms with Crippen molar-refractivity contribution in [3.05, 3.63) is 59.5 Å². The van der Waals surface area contributed by atoms with Gasteiger partial charge in [-0.3, -0.25) is 4.79 Å². The van der Waals surface area contributed by atoms with Crippen LogP contribution in [0.25, 0.3) is 0 Å². The zero-order valence-electron chi connectivity index (χ0n) is 11.3. The van der Waals surface area contributed by atoms with Gasteiger partial charge in [0.15, 0.2) is 0 Å². The minimum atomic E-state index is 0.123. The molecule has 0 saturated carbocycles. The minimum absolute atomic E-state index is 0.123. The number of furan rings is 1. The van der Waals surface area contributed by atoms with E-state index < -0.39 is 0 Å². The molecule has 3 heteroatoms. The number of nitrogens with zero attached hydrogens (tertiary/aromatic N) is 1. The molecule has 102 valence electrons. The lowest BCUT2D eigenvalue weighted by atomic mass is 9.81. The Bertz CT molecular complexity index is 631. The summed E-state index contributed by atoms with van der Waals surface area (Å²) in [5.74, 6) is 1.88. The van der Waals surface area contributed by atoms with Crippen LogP contribution in [-0.2, 0) is 24.2 Å². The Labute approximate surface area is 118 Å². The highest BCUT2D eigenvalue weighted by Crippen LogP contribution is 2.37. The summed E-state index contributed by atoms with van der Waals surface area (Å²) in [6.07, 6.45) is 3.50. The molecule has 0 N–H and O–H groups in total.